The zero-order valence-electron chi connectivity index (χ0n) is 9.35. The van der Waals surface area contributed by atoms with Crippen LogP contribution in [0.3, 0.4) is 0 Å². The van der Waals surface area contributed by atoms with Crippen LogP contribution in [0.25, 0.3) is 0 Å². The molecule has 2 N–H and O–H groups in total. The molecule has 0 aliphatic rings. The first-order valence-electron chi connectivity index (χ1n) is 4.89. The minimum absolute atomic E-state index is 0.242. The van der Waals surface area contributed by atoms with E-state index in [0.29, 0.717) is 0 Å². The van der Waals surface area contributed by atoms with Crippen molar-refractivity contribution in [3.63, 3.8) is 0 Å². The van der Waals surface area contributed by atoms with Gasteiger partial charge in [0.25, 0.3) is 0 Å². The first kappa shape index (κ1) is 12.7. The van der Waals surface area contributed by atoms with Gasteiger partial charge in [-0.1, -0.05) is 6.08 Å². The lowest BCUT2D eigenvalue weighted by Gasteiger charge is -2.38. The molecule has 0 rings (SSSR count). The smallest absolute Gasteiger partial charge is 0.0767 e. The minimum atomic E-state index is -0.693. The Balaban J connectivity index is 3.83. The molecule has 0 aromatic carbocycles. The first-order valence-corrected chi connectivity index (χ1v) is 4.89. The van der Waals surface area contributed by atoms with Crippen LogP contribution >= 0.6 is 0 Å². The molecule has 78 valence electrons. The Labute approximate surface area is 82.0 Å². The van der Waals surface area contributed by atoms with Gasteiger partial charge < -0.3 is 10.4 Å². The summed E-state index contributed by atoms with van der Waals surface area (Å²) < 4.78 is 0. The van der Waals surface area contributed by atoms with Gasteiger partial charge in [-0.25, -0.2) is 0 Å². The third-order valence-corrected chi connectivity index (χ3v) is 2.68. The van der Waals surface area contributed by atoms with Gasteiger partial charge in [0.2, 0.25) is 0 Å². The van der Waals surface area contributed by atoms with Crippen LogP contribution in [0.5, 0.6) is 0 Å². The van der Waals surface area contributed by atoms with Crippen molar-refractivity contribution in [2.45, 2.75) is 51.7 Å². The largest absolute Gasteiger partial charge is 0.389 e. The van der Waals surface area contributed by atoms with Crippen LogP contribution in [0.15, 0.2) is 12.7 Å². The van der Waals surface area contributed by atoms with E-state index in [1.54, 1.807) is 0 Å². The molecule has 0 unspecified atom stereocenters. The predicted molar refractivity (Wildman–Crippen MR) is 57.8 cm³/mol. The summed E-state index contributed by atoms with van der Waals surface area (Å²) in [5.41, 5.74) is -0.935. The third kappa shape index (κ3) is 4.44. The summed E-state index contributed by atoms with van der Waals surface area (Å²) in [6.07, 6.45) is 4.01. The number of unbranched alkanes of at least 4 members (excludes halogenated alkanes) is 1. The third-order valence-electron chi connectivity index (χ3n) is 2.68. The average molecular weight is 185 g/mol. The Morgan fingerprint density at radius 3 is 2.23 bits per heavy atom. The van der Waals surface area contributed by atoms with Crippen molar-refractivity contribution in [1.82, 2.24) is 5.32 Å². The van der Waals surface area contributed by atoms with Crippen molar-refractivity contribution in [3.8, 4) is 0 Å². The molecule has 13 heavy (non-hydrogen) atoms. The summed E-state index contributed by atoms with van der Waals surface area (Å²) in [6.45, 7) is 12.3. The molecule has 0 atom stereocenters. The summed E-state index contributed by atoms with van der Waals surface area (Å²) in [4.78, 5) is 0. The van der Waals surface area contributed by atoms with Gasteiger partial charge in [-0.3, -0.25) is 0 Å². The molecule has 0 saturated carbocycles. The number of nitrogens with one attached hydrogen (secondary N) is 1. The van der Waals surface area contributed by atoms with E-state index in [2.05, 4.69) is 11.9 Å². The molecule has 0 saturated heterocycles. The molecule has 0 bridgehead atoms. The Hall–Kier alpha value is -0.340. The SMILES string of the molecule is C=CCCCNC(C)(C)C(C)(C)O. The molecule has 0 heterocycles. The van der Waals surface area contributed by atoms with Gasteiger partial charge in [-0.15, -0.1) is 6.58 Å². The highest BCUT2D eigenvalue weighted by Gasteiger charge is 2.33. The molecule has 0 radical (unpaired) electrons. The molecule has 0 spiro atoms. The van der Waals surface area contributed by atoms with Gasteiger partial charge in [0.15, 0.2) is 0 Å². The fourth-order valence-corrected chi connectivity index (χ4v) is 0.864. The van der Waals surface area contributed by atoms with Crippen molar-refractivity contribution in [1.29, 1.82) is 0 Å². The zero-order valence-corrected chi connectivity index (χ0v) is 9.35. The maximum absolute atomic E-state index is 9.82. The van der Waals surface area contributed by atoms with E-state index in [4.69, 9.17) is 0 Å². The van der Waals surface area contributed by atoms with E-state index in [0.717, 1.165) is 19.4 Å². The molecule has 2 heteroatoms. The first-order chi connectivity index (χ1) is 5.81. The lowest BCUT2D eigenvalue weighted by molar-refractivity contribution is -0.00431. The quantitative estimate of drug-likeness (QED) is 0.490. The molecular formula is C11H23NO. The molecule has 2 nitrogen and oxygen atoms in total. The van der Waals surface area contributed by atoms with Crippen LogP contribution in [0.1, 0.15) is 40.5 Å². The Bertz CT molecular complexity index is 156. The Morgan fingerprint density at radius 2 is 1.85 bits per heavy atom. The monoisotopic (exact) mass is 185 g/mol. The highest BCUT2D eigenvalue weighted by Crippen LogP contribution is 2.20. The molecule has 0 aliphatic carbocycles. The number of hydrogen-bond donors (Lipinski definition) is 2. The van der Waals surface area contributed by atoms with Crippen molar-refractivity contribution >= 4 is 0 Å². The van der Waals surface area contributed by atoms with Gasteiger partial charge in [-0.05, 0) is 47.1 Å². The average Bonchev–Trinajstić information content (AvgIpc) is 1.96. The van der Waals surface area contributed by atoms with Crippen LogP contribution in [0.4, 0.5) is 0 Å². The normalized spacial score (nSPS) is 13.0. The van der Waals surface area contributed by atoms with E-state index in [-0.39, 0.29) is 5.54 Å². The number of rotatable bonds is 6. The van der Waals surface area contributed by atoms with Crippen molar-refractivity contribution in [3.05, 3.63) is 12.7 Å². The van der Waals surface area contributed by atoms with Crippen LogP contribution in [-0.4, -0.2) is 22.8 Å². The number of allylic oxidation sites excluding steroid dienone is 1. The van der Waals surface area contributed by atoms with Crippen LogP contribution in [0, 0.1) is 0 Å². The van der Waals surface area contributed by atoms with Crippen LogP contribution in [-0.2, 0) is 0 Å². The fourth-order valence-electron chi connectivity index (χ4n) is 0.864. The maximum Gasteiger partial charge on any atom is 0.0767 e. The molecule has 0 amide bonds. The highest BCUT2D eigenvalue weighted by atomic mass is 16.3. The predicted octanol–water partition coefficient (Wildman–Crippen LogP) is 2.09. The molecule has 0 aromatic heterocycles. The topological polar surface area (TPSA) is 32.3 Å². The molecule has 0 aromatic rings. The van der Waals surface area contributed by atoms with E-state index in [9.17, 15) is 5.11 Å². The number of aliphatic hydroxyl groups is 1. The Morgan fingerprint density at radius 1 is 1.31 bits per heavy atom. The second-order valence-corrected chi connectivity index (χ2v) is 4.54. The lowest BCUT2D eigenvalue weighted by atomic mass is 9.86. The van der Waals surface area contributed by atoms with Gasteiger partial charge in [-0.2, -0.15) is 0 Å². The highest BCUT2D eigenvalue weighted by molar-refractivity contribution is 4.93. The fraction of sp³-hybridized carbons (Fsp3) is 0.818. The standard InChI is InChI=1S/C11H23NO/c1-6-7-8-9-12-10(2,3)11(4,5)13/h6,12-13H,1,7-9H2,2-5H3. The van der Waals surface area contributed by atoms with Crippen LogP contribution < -0.4 is 5.32 Å². The van der Waals surface area contributed by atoms with Crippen molar-refractivity contribution in [2.75, 3.05) is 6.54 Å². The summed E-state index contributed by atoms with van der Waals surface area (Å²) in [5.74, 6) is 0. The van der Waals surface area contributed by atoms with Gasteiger partial charge in [0, 0.05) is 5.54 Å². The minimum Gasteiger partial charge on any atom is -0.389 e. The molecular weight excluding hydrogens is 162 g/mol. The van der Waals surface area contributed by atoms with E-state index >= 15 is 0 Å². The lowest BCUT2D eigenvalue weighted by Crippen LogP contribution is -2.56. The summed E-state index contributed by atoms with van der Waals surface area (Å²) in [6, 6.07) is 0. The zero-order chi connectivity index (χ0) is 10.5. The van der Waals surface area contributed by atoms with Crippen molar-refractivity contribution < 1.29 is 5.11 Å². The molecule has 0 fully saturated rings. The van der Waals surface area contributed by atoms with Gasteiger partial charge in [0.1, 0.15) is 0 Å². The Kier molecular flexibility index (Phi) is 4.65. The van der Waals surface area contributed by atoms with Gasteiger partial charge >= 0.3 is 0 Å². The van der Waals surface area contributed by atoms with Crippen molar-refractivity contribution in [2.24, 2.45) is 0 Å². The maximum atomic E-state index is 9.82. The van der Waals surface area contributed by atoms with E-state index in [1.807, 2.05) is 33.8 Å². The van der Waals surface area contributed by atoms with Crippen LogP contribution in [0.2, 0.25) is 0 Å². The summed E-state index contributed by atoms with van der Waals surface area (Å²) in [5, 5.41) is 13.2. The van der Waals surface area contributed by atoms with Gasteiger partial charge in [0.05, 0.1) is 5.60 Å². The van der Waals surface area contributed by atoms with E-state index in [1.165, 1.54) is 0 Å². The van der Waals surface area contributed by atoms with E-state index < -0.39 is 5.60 Å². The summed E-state index contributed by atoms with van der Waals surface area (Å²) >= 11 is 0. The summed E-state index contributed by atoms with van der Waals surface area (Å²) in [7, 11) is 0. The number of hydrogen-bond acceptors (Lipinski definition) is 2. The molecule has 0 aliphatic heterocycles. The second kappa shape index (κ2) is 4.77. The second-order valence-electron chi connectivity index (χ2n) is 4.54.